The maximum Gasteiger partial charge on any atom is 0.177 e. The molecule has 5 nitrogen and oxygen atoms in total. The van der Waals surface area contributed by atoms with Crippen molar-refractivity contribution >= 4 is 10.8 Å². The molecule has 0 unspecified atom stereocenters. The summed E-state index contributed by atoms with van der Waals surface area (Å²) in [5.74, 6) is 4.68. The number of hydrogen-bond donors (Lipinski definition) is 0. The molecule has 0 saturated carbocycles. The molecule has 0 saturated heterocycles. The van der Waals surface area contributed by atoms with Gasteiger partial charge in [-0.1, -0.05) is 166 Å². The van der Waals surface area contributed by atoms with Crippen molar-refractivity contribution in [2.24, 2.45) is 0 Å². The highest BCUT2D eigenvalue weighted by Crippen LogP contribution is 2.56. The SMILES string of the molecule is CC1(C)c2ccccc2-c2cc3c(cc21)Oc1cccc(-c2ccc(-c4nc(-c5ccccc5)nc(-c5ccc(-c6ccccc6)c6ccccc56)n4)cc2)c1O3. The van der Waals surface area contributed by atoms with Gasteiger partial charge >= 0.3 is 0 Å². The number of aromatic nitrogens is 3. The molecule has 5 heteroatoms. The monoisotopic (exact) mass is 733 g/mol. The van der Waals surface area contributed by atoms with Gasteiger partial charge < -0.3 is 9.47 Å². The largest absolute Gasteiger partial charge is 0.449 e. The van der Waals surface area contributed by atoms with Crippen LogP contribution in [0.2, 0.25) is 0 Å². The van der Waals surface area contributed by atoms with Crippen molar-refractivity contribution in [1.29, 1.82) is 0 Å². The Kier molecular flexibility index (Phi) is 7.45. The van der Waals surface area contributed by atoms with Gasteiger partial charge in [-0.05, 0) is 74.0 Å². The van der Waals surface area contributed by atoms with Crippen molar-refractivity contribution in [2.75, 3.05) is 0 Å². The molecular weight excluding hydrogens is 699 g/mol. The van der Waals surface area contributed by atoms with Crippen LogP contribution in [0.4, 0.5) is 0 Å². The molecule has 57 heavy (non-hydrogen) atoms. The molecule has 1 aliphatic carbocycles. The van der Waals surface area contributed by atoms with E-state index >= 15 is 0 Å². The number of nitrogens with zero attached hydrogens (tertiary/aromatic N) is 3. The van der Waals surface area contributed by atoms with Crippen molar-refractivity contribution in [1.82, 2.24) is 15.0 Å². The minimum atomic E-state index is -0.129. The number of hydrogen-bond acceptors (Lipinski definition) is 5. The lowest BCUT2D eigenvalue weighted by atomic mass is 9.82. The van der Waals surface area contributed by atoms with Gasteiger partial charge in [0.1, 0.15) is 0 Å². The summed E-state index contributed by atoms with van der Waals surface area (Å²) < 4.78 is 13.3. The number of ether oxygens (including phenoxy) is 2. The average molecular weight is 734 g/mol. The Morgan fingerprint density at radius 2 is 0.895 bits per heavy atom. The summed E-state index contributed by atoms with van der Waals surface area (Å²) in [5.41, 5.74) is 11.9. The Labute approximate surface area is 330 Å². The summed E-state index contributed by atoms with van der Waals surface area (Å²) in [7, 11) is 0. The quantitative estimate of drug-likeness (QED) is 0.176. The first-order valence-electron chi connectivity index (χ1n) is 19.3. The van der Waals surface area contributed by atoms with Gasteiger partial charge in [-0.2, -0.15) is 0 Å². The molecule has 0 radical (unpaired) electrons. The van der Waals surface area contributed by atoms with Gasteiger partial charge in [-0.3, -0.25) is 0 Å². The Hall–Kier alpha value is -7.37. The highest BCUT2D eigenvalue weighted by molar-refractivity contribution is 6.04. The molecule has 0 bridgehead atoms. The molecule has 8 aromatic carbocycles. The molecule has 0 amide bonds. The summed E-state index contributed by atoms with van der Waals surface area (Å²) in [5, 5.41) is 2.23. The van der Waals surface area contributed by atoms with Crippen LogP contribution >= 0.6 is 0 Å². The summed E-state index contributed by atoms with van der Waals surface area (Å²) >= 11 is 0. The van der Waals surface area contributed by atoms with Crippen LogP contribution < -0.4 is 9.47 Å². The van der Waals surface area contributed by atoms with Crippen LogP contribution in [0.3, 0.4) is 0 Å². The molecule has 9 aromatic rings. The van der Waals surface area contributed by atoms with Gasteiger partial charge in [0.05, 0.1) is 0 Å². The maximum absolute atomic E-state index is 6.73. The topological polar surface area (TPSA) is 57.1 Å². The Balaban J connectivity index is 0.977. The van der Waals surface area contributed by atoms with Crippen molar-refractivity contribution in [3.63, 3.8) is 0 Å². The van der Waals surface area contributed by atoms with Gasteiger partial charge in [0.2, 0.25) is 0 Å². The van der Waals surface area contributed by atoms with Gasteiger partial charge in [0.15, 0.2) is 40.5 Å². The van der Waals surface area contributed by atoms with Crippen LogP contribution in [0, 0.1) is 0 Å². The summed E-state index contributed by atoms with van der Waals surface area (Å²) in [6.45, 7) is 4.55. The molecule has 270 valence electrons. The molecule has 1 aliphatic heterocycles. The fourth-order valence-corrected chi connectivity index (χ4v) is 8.53. The predicted molar refractivity (Wildman–Crippen MR) is 229 cm³/mol. The van der Waals surface area contributed by atoms with E-state index in [-0.39, 0.29) is 5.41 Å². The summed E-state index contributed by atoms with van der Waals surface area (Å²) in [6.07, 6.45) is 0. The number of rotatable bonds is 5. The normalized spacial score (nSPS) is 13.2. The third-order valence-corrected chi connectivity index (χ3v) is 11.4. The van der Waals surface area contributed by atoms with E-state index in [4.69, 9.17) is 24.4 Å². The zero-order chi connectivity index (χ0) is 38.1. The van der Waals surface area contributed by atoms with Gasteiger partial charge in [-0.15, -0.1) is 0 Å². The van der Waals surface area contributed by atoms with Crippen LogP contribution in [-0.2, 0) is 5.41 Å². The third kappa shape index (κ3) is 5.42. The number of para-hydroxylation sites is 1. The second-order valence-electron chi connectivity index (χ2n) is 15.2. The van der Waals surface area contributed by atoms with Crippen molar-refractivity contribution in [3.05, 3.63) is 187 Å². The molecule has 0 spiro atoms. The van der Waals surface area contributed by atoms with Crippen molar-refractivity contribution in [2.45, 2.75) is 19.3 Å². The zero-order valence-electron chi connectivity index (χ0n) is 31.4. The van der Waals surface area contributed by atoms with Crippen LogP contribution in [0.1, 0.15) is 25.0 Å². The highest BCUT2D eigenvalue weighted by Gasteiger charge is 2.37. The lowest BCUT2D eigenvalue weighted by Gasteiger charge is -2.26. The van der Waals surface area contributed by atoms with E-state index in [2.05, 4.69) is 141 Å². The molecule has 0 N–H and O–H groups in total. The number of benzene rings is 8. The molecule has 0 fully saturated rings. The first kappa shape index (κ1) is 33.0. The van der Waals surface area contributed by atoms with Crippen LogP contribution in [-0.4, -0.2) is 15.0 Å². The molecular formula is C52H35N3O2. The molecule has 0 atom stereocenters. The molecule has 2 aliphatic rings. The fourth-order valence-electron chi connectivity index (χ4n) is 8.53. The van der Waals surface area contributed by atoms with E-state index in [9.17, 15) is 0 Å². The Bertz CT molecular complexity index is 3030. The van der Waals surface area contributed by atoms with Gasteiger partial charge in [-0.25, -0.2) is 15.0 Å². The minimum Gasteiger partial charge on any atom is -0.449 e. The first-order chi connectivity index (χ1) is 28.0. The Morgan fingerprint density at radius 3 is 1.65 bits per heavy atom. The van der Waals surface area contributed by atoms with Crippen LogP contribution in [0.5, 0.6) is 23.0 Å². The summed E-state index contributed by atoms with van der Waals surface area (Å²) in [6, 6.07) is 60.7. The molecule has 2 heterocycles. The highest BCUT2D eigenvalue weighted by atomic mass is 16.6. The Morgan fingerprint density at radius 1 is 0.351 bits per heavy atom. The first-order valence-corrected chi connectivity index (χ1v) is 19.3. The van der Waals surface area contributed by atoms with Gasteiger partial charge in [0, 0.05) is 27.7 Å². The average Bonchev–Trinajstić information content (AvgIpc) is 3.49. The second-order valence-corrected chi connectivity index (χ2v) is 15.2. The predicted octanol–water partition coefficient (Wildman–Crippen LogP) is 13.6. The maximum atomic E-state index is 6.73. The zero-order valence-corrected chi connectivity index (χ0v) is 31.4. The van der Waals surface area contributed by atoms with E-state index in [1.807, 2.05) is 48.5 Å². The standard InChI is InChI=1S/C52H35N3O2/c1-52(2)43-22-12-11-20-40(43)42-30-46-47(31-44(42)52)56-45-23-13-21-37(48(45)57-46)33-24-26-35(27-25-33)50-53-49(34-16-7-4-8-17-34)54-51(55-50)41-29-28-36(32-14-5-3-6-15-32)38-18-9-10-19-39(38)41/h3-31H,1-2H3. The van der Waals surface area contributed by atoms with E-state index in [0.717, 1.165) is 44.3 Å². The van der Waals surface area contributed by atoms with Crippen molar-refractivity contribution < 1.29 is 9.47 Å². The number of fused-ring (bicyclic) bond motifs is 6. The van der Waals surface area contributed by atoms with Crippen molar-refractivity contribution in [3.8, 4) is 90.5 Å². The van der Waals surface area contributed by atoms with Crippen LogP contribution in [0.15, 0.2) is 176 Å². The lowest BCUT2D eigenvalue weighted by Crippen LogP contribution is -2.15. The van der Waals surface area contributed by atoms with Crippen LogP contribution in [0.25, 0.3) is 78.3 Å². The second kappa shape index (κ2) is 12.9. The van der Waals surface area contributed by atoms with E-state index < -0.39 is 0 Å². The summed E-state index contributed by atoms with van der Waals surface area (Å²) in [4.78, 5) is 15.2. The lowest BCUT2D eigenvalue weighted by molar-refractivity contribution is 0.360. The smallest absolute Gasteiger partial charge is 0.177 e. The van der Waals surface area contributed by atoms with E-state index in [1.54, 1.807) is 0 Å². The minimum absolute atomic E-state index is 0.129. The van der Waals surface area contributed by atoms with Gasteiger partial charge in [0.25, 0.3) is 0 Å². The fraction of sp³-hybridized carbons (Fsp3) is 0.0577. The van der Waals surface area contributed by atoms with E-state index in [0.29, 0.717) is 34.7 Å². The van der Waals surface area contributed by atoms with E-state index in [1.165, 1.54) is 33.4 Å². The third-order valence-electron chi connectivity index (χ3n) is 11.4. The molecule has 11 rings (SSSR count). The molecule has 1 aromatic heterocycles.